The van der Waals surface area contributed by atoms with Gasteiger partial charge >= 0.3 is 0 Å². The molecular weight excluding hydrogens is 380 g/mol. The van der Waals surface area contributed by atoms with E-state index in [4.69, 9.17) is 4.74 Å². The van der Waals surface area contributed by atoms with Crippen LogP contribution in [-0.2, 0) is 9.59 Å². The number of nitrogens with zero attached hydrogens (tertiary/aromatic N) is 1. The number of rotatable bonds is 7. The topological polar surface area (TPSA) is 75.1 Å². The Morgan fingerprint density at radius 2 is 1.63 bits per heavy atom. The summed E-state index contributed by atoms with van der Waals surface area (Å²) in [4.78, 5) is 28.0. The molecule has 2 amide bonds. The zero-order valence-electron chi connectivity index (χ0n) is 18.0. The van der Waals surface area contributed by atoms with E-state index < -0.39 is 0 Å². The number of piperazine rings is 1. The van der Waals surface area contributed by atoms with Crippen molar-refractivity contribution in [1.82, 2.24) is 5.32 Å². The normalized spacial score (nSPS) is 14.3. The molecule has 160 valence electrons. The van der Waals surface area contributed by atoms with Crippen LogP contribution < -0.4 is 25.2 Å². The number of aryl methyl sites for hydroxylation is 2. The molecule has 2 aromatic rings. The molecule has 3 rings (SSSR count). The van der Waals surface area contributed by atoms with E-state index in [0.717, 1.165) is 48.7 Å². The molecule has 1 heterocycles. The first kappa shape index (κ1) is 21.6. The van der Waals surface area contributed by atoms with Crippen LogP contribution in [0.15, 0.2) is 42.5 Å². The Hall–Kier alpha value is -3.06. The second-order valence-corrected chi connectivity index (χ2v) is 7.70. The smallest absolute Gasteiger partial charge is 0.275 e. The minimum atomic E-state index is -0.208. The summed E-state index contributed by atoms with van der Waals surface area (Å²) >= 11 is 0. The van der Waals surface area contributed by atoms with Crippen LogP contribution in [-0.4, -0.2) is 58.2 Å². The fraction of sp³-hybridized carbons (Fsp3) is 0.391. The molecule has 0 unspecified atom stereocenters. The monoisotopic (exact) mass is 411 g/mol. The third kappa shape index (κ3) is 5.73. The zero-order valence-corrected chi connectivity index (χ0v) is 18.0. The van der Waals surface area contributed by atoms with Crippen molar-refractivity contribution >= 4 is 23.2 Å². The molecule has 7 heteroatoms. The summed E-state index contributed by atoms with van der Waals surface area (Å²) in [7, 11) is 1.66. The highest BCUT2D eigenvalue weighted by Crippen LogP contribution is 2.19. The molecule has 3 N–H and O–H groups in total. The van der Waals surface area contributed by atoms with E-state index in [1.807, 2.05) is 44.2 Å². The van der Waals surface area contributed by atoms with E-state index in [2.05, 4.69) is 27.7 Å². The van der Waals surface area contributed by atoms with Crippen LogP contribution in [0.1, 0.15) is 11.1 Å². The molecule has 0 aromatic heterocycles. The van der Waals surface area contributed by atoms with Gasteiger partial charge < -0.3 is 25.2 Å². The number of ether oxygens (including phenoxy) is 1. The molecule has 1 fully saturated rings. The van der Waals surface area contributed by atoms with E-state index in [1.165, 1.54) is 10.6 Å². The maximum atomic E-state index is 12.3. The fourth-order valence-corrected chi connectivity index (χ4v) is 3.71. The van der Waals surface area contributed by atoms with Crippen LogP contribution >= 0.6 is 0 Å². The van der Waals surface area contributed by atoms with Gasteiger partial charge in [-0.15, -0.1) is 0 Å². The number of nitrogens with one attached hydrogen (secondary N) is 3. The van der Waals surface area contributed by atoms with E-state index in [1.54, 1.807) is 7.11 Å². The van der Waals surface area contributed by atoms with Gasteiger partial charge in [0.25, 0.3) is 5.91 Å². The summed E-state index contributed by atoms with van der Waals surface area (Å²) in [5.41, 5.74) is 4.00. The van der Waals surface area contributed by atoms with Crippen LogP contribution in [0.2, 0.25) is 0 Å². The highest BCUT2D eigenvalue weighted by molar-refractivity contribution is 5.95. The van der Waals surface area contributed by atoms with Gasteiger partial charge in [-0.05, 0) is 49.2 Å². The van der Waals surface area contributed by atoms with Crippen LogP contribution in [0.25, 0.3) is 0 Å². The molecule has 0 atom stereocenters. The van der Waals surface area contributed by atoms with Crippen molar-refractivity contribution in [2.24, 2.45) is 0 Å². The van der Waals surface area contributed by atoms with Gasteiger partial charge in [0.2, 0.25) is 5.91 Å². The molecule has 30 heavy (non-hydrogen) atoms. The molecule has 1 aliphatic heterocycles. The van der Waals surface area contributed by atoms with Crippen molar-refractivity contribution in [2.75, 3.05) is 56.6 Å². The van der Waals surface area contributed by atoms with Crippen LogP contribution in [0, 0.1) is 13.8 Å². The quantitative estimate of drug-likeness (QED) is 0.629. The Labute approximate surface area is 178 Å². The van der Waals surface area contributed by atoms with Gasteiger partial charge in [0.05, 0.1) is 39.8 Å². The summed E-state index contributed by atoms with van der Waals surface area (Å²) in [5.74, 6) is 0.543. The number of hydrogen-bond acceptors (Lipinski definition) is 4. The molecule has 2 aromatic carbocycles. The number of carbonyl (C=O) groups is 2. The van der Waals surface area contributed by atoms with Crippen molar-refractivity contribution in [3.8, 4) is 5.75 Å². The number of quaternary nitrogens is 1. The number of carbonyl (C=O) groups excluding carboxylic acids is 2. The summed E-state index contributed by atoms with van der Waals surface area (Å²) in [6, 6.07) is 13.9. The molecule has 0 bridgehead atoms. The van der Waals surface area contributed by atoms with Crippen molar-refractivity contribution in [2.45, 2.75) is 13.8 Å². The summed E-state index contributed by atoms with van der Waals surface area (Å²) < 4.78 is 5.21. The minimum absolute atomic E-state index is 0.0160. The first-order valence-corrected chi connectivity index (χ1v) is 10.3. The number of amides is 2. The molecule has 0 aliphatic carbocycles. The largest absolute Gasteiger partial charge is 0.497 e. The van der Waals surface area contributed by atoms with E-state index in [0.29, 0.717) is 6.54 Å². The summed E-state index contributed by atoms with van der Waals surface area (Å²) in [6.07, 6.45) is 0. The first-order valence-electron chi connectivity index (χ1n) is 10.3. The van der Waals surface area contributed by atoms with Gasteiger partial charge in [0.15, 0.2) is 6.54 Å². The highest BCUT2D eigenvalue weighted by atomic mass is 16.5. The van der Waals surface area contributed by atoms with Gasteiger partial charge in [-0.3, -0.25) is 9.59 Å². The van der Waals surface area contributed by atoms with Crippen LogP contribution in [0.5, 0.6) is 5.75 Å². The van der Waals surface area contributed by atoms with Gasteiger partial charge in [-0.1, -0.05) is 18.2 Å². The maximum Gasteiger partial charge on any atom is 0.275 e. The summed E-state index contributed by atoms with van der Waals surface area (Å²) in [6.45, 7) is 7.82. The predicted octanol–water partition coefficient (Wildman–Crippen LogP) is 0.772. The first-order chi connectivity index (χ1) is 14.5. The lowest BCUT2D eigenvalue weighted by atomic mass is 10.1. The van der Waals surface area contributed by atoms with Crippen LogP contribution in [0.4, 0.5) is 11.4 Å². The second kappa shape index (κ2) is 10.1. The Morgan fingerprint density at radius 3 is 2.23 bits per heavy atom. The standard InChI is InChI=1S/C23H30N4O3/c1-17-5-4-6-18(2)23(17)25-21(28)15-24-22(29)16-26-11-13-27(14-12-26)19-7-9-20(30-3)10-8-19/h4-10H,11-16H2,1-3H3,(H,24,29)(H,25,28)/p+1. The predicted molar refractivity (Wildman–Crippen MR) is 118 cm³/mol. The molecule has 1 saturated heterocycles. The lowest BCUT2D eigenvalue weighted by Gasteiger charge is -2.33. The Bertz CT molecular complexity index is 854. The number of para-hydroxylation sites is 1. The highest BCUT2D eigenvalue weighted by Gasteiger charge is 2.22. The zero-order chi connectivity index (χ0) is 21.5. The lowest BCUT2D eigenvalue weighted by molar-refractivity contribution is -0.892. The Kier molecular flexibility index (Phi) is 7.30. The third-order valence-electron chi connectivity index (χ3n) is 5.51. The van der Waals surface area contributed by atoms with E-state index in [9.17, 15) is 9.59 Å². The van der Waals surface area contributed by atoms with Gasteiger partial charge in [-0.25, -0.2) is 0 Å². The molecule has 0 saturated carbocycles. The van der Waals surface area contributed by atoms with E-state index in [-0.39, 0.29) is 18.4 Å². The Morgan fingerprint density at radius 1 is 1.00 bits per heavy atom. The molecule has 0 spiro atoms. The number of benzene rings is 2. The minimum Gasteiger partial charge on any atom is -0.497 e. The van der Waals surface area contributed by atoms with Crippen LogP contribution in [0.3, 0.4) is 0 Å². The fourth-order valence-electron chi connectivity index (χ4n) is 3.71. The molecule has 1 aliphatic rings. The number of methoxy groups -OCH3 is 1. The molecule has 7 nitrogen and oxygen atoms in total. The Balaban J connectivity index is 1.40. The second-order valence-electron chi connectivity index (χ2n) is 7.70. The van der Waals surface area contributed by atoms with Crippen molar-refractivity contribution in [3.63, 3.8) is 0 Å². The van der Waals surface area contributed by atoms with Gasteiger partial charge in [0, 0.05) is 11.4 Å². The average Bonchev–Trinajstić information content (AvgIpc) is 2.75. The van der Waals surface area contributed by atoms with Crippen molar-refractivity contribution < 1.29 is 19.2 Å². The average molecular weight is 412 g/mol. The SMILES string of the molecule is COc1ccc(N2CC[NH+](CC(=O)NCC(=O)Nc3c(C)cccc3C)CC2)cc1. The van der Waals surface area contributed by atoms with Crippen molar-refractivity contribution in [3.05, 3.63) is 53.6 Å². The van der Waals surface area contributed by atoms with Crippen molar-refractivity contribution in [1.29, 1.82) is 0 Å². The van der Waals surface area contributed by atoms with Gasteiger partial charge in [-0.2, -0.15) is 0 Å². The molecule has 0 radical (unpaired) electrons. The summed E-state index contributed by atoms with van der Waals surface area (Å²) in [5, 5.41) is 5.64. The maximum absolute atomic E-state index is 12.3. The number of anilines is 2. The lowest BCUT2D eigenvalue weighted by Crippen LogP contribution is -3.16. The third-order valence-corrected chi connectivity index (χ3v) is 5.51. The number of hydrogen-bond donors (Lipinski definition) is 3. The van der Waals surface area contributed by atoms with Gasteiger partial charge in [0.1, 0.15) is 5.75 Å². The van der Waals surface area contributed by atoms with E-state index >= 15 is 0 Å². The molecular formula is C23H31N4O3+.